The molecule has 2 aliphatic heterocycles. The second kappa shape index (κ2) is 4.84. The van der Waals surface area contributed by atoms with Crippen LogP contribution in [0.3, 0.4) is 0 Å². The highest BCUT2D eigenvalue weighted by Crippen LogP contribution is 2.33. The lowest BCUT2D eigenvalue weighted by atomic mass is 9.85. The zero-order valence-electron chi connectivity index (χ0n) is 12.4. The number of amides is 2. The highest BCUT2D eigenvalue weighted by Gasteiger charge is 2.50. The van der Waals surface area contributed by atoms with Crippen LogP contribution in [-0.4, -0.2) is 42.0 Å². The molecule has 2 amide bonds. The Hall–Kier alpha value is -1.88. The lowest BCUT2D eigenvalue weighted by Crippen LogP contribution is -2.68. The second-order valence-electron chi connectivity index (χ2n) is 6.23. The Labute approximate surface area is 124 Å². The molecule has 2 fully saturated rings. The normalized spacial score (nSPS) is 33.1. The van der Waals surface area contributed by atoms with Gasteiger partial charge in [0.05, 0.1) is 12.1 Å². The third-order valence-corrected chi connectivity index (χ3v) is 4.56. The maximum absolute atomic E-state index is 13.0. The standard InChI is InChI=1S/C16H20N2O3/c1-15(8-9-21-11-15)18-10-13(19)17-16(2,14(18)20)12-6-4-3-5-7-12/h3-7H,8-11H2,1-2H3,(H,17,19). The summed E-state index contributed by atoms with van der Waals surface area (Å²) in [5, 5.41) is 2.86. The molecule has 1 N–H and O–H groups in total. The summed E-state index contributed by atoms with van der Waals surface area (Å²) in [7, 11) is 0. The molecule has 1 aromatic carbocycles. The summed E-state index contributed by atoms with van der Waals surface area (Å²) in [5.74, 6) is -0.199. The molecule has 112 valence electrons. The first kappa shape index (κ1) is 14.1. The molecule has 0 radical (unpaired) electrons. The van der Waals surface area contributed by atoms with Gasteiger partial charge in [-0.25, -0.2) is 0 Å². The number of carbonyl (C=O) groups excluding carboxylic acids is 2. The van der Waals surface area contributed by atoms with E-state index in [4.69, 9.17) is 4.74 Å². The Morgan fingerprint density at radius 1 is 1.19 bits per heavy atom. The summed E-state index contributed by atoms with van der Waals surface area (Å²) in [5.41, 5.74) is -0.608. The van der Waals surface area contributed by atoms with Gasteiger partial charge in [-0.3, -0.25) is 9.59 Å². The number of nitrogens with zero attached hydrogens (tertiary/aromatic N) is 1. The number of benzene rings is 1. The van der Waals surface area contributed by atoms with Crippen LogP contribution in [0.5, 0.6) is 0 Å². The van der Waals surface area contributed by atoms with E-state index >= 15 is 0 Å². The Balaban J connectivity index is 1.99. The molecule has 0 saturated carbocycles. The minimum absolute atomic E-state index is 0.0682. The molecule has 5 nitrogen and oxygen atoms in total. The van der Waals surface area contributed by atoms with Crippen LogP contribution in [-0.2, 0) is 19.9 Å². The quantitative estimate of drug-likeness (QED) is 0.884. The molecule has 2 heterocycles. The van der Waals surface area contributed by atoms with E-state index in [9.17, 15) is 9.59 Å². The molecule has 0 aliphatic carbocycles. The van der Waals surface area contributed by atoms with Crippen molar-refractivity contribution in [2.45, 2.75) is 31.3 Å². The molecule has 0 spiro atoms. The number of carbonyl (C=O) groups is 2. The van der Waals surface area contributed by atoms with Crippen LogP contribution < -0.4 is 5.32 Å². The molecule has 0 aromatic heterocycles. The highest BCUT2D eigenvalue weighted by atomic mass is 16.5. The monoisotopic (exact) mass is 288 g/mol. The molecule has 5 heteroatoms. The average Bonchev–Trinajstić information content (AvgIpc) is 2.92. The third-order valence-electron chi connectivity index (χ3n) is 4.56. The van der Waals surface area contributed by atoms with Crippen molar-refractivity contribution in [1.82, 2.24) is 10.2 Å². The van der Waals surface area contributed by atoms with E-state index < -0.39 is 11.1 Å². The summed E-state index contributed by atoms with van der Waals surface area (Å²) in [4.78, 5) is 26.9. The number of piperazine rings is 1. The zero-order valence-corrected chi connectivity index (χ0v) is 12.4. The summed E-state index contributed by atoms with van der Waals surface area (Å²) >= 11 is 0. The van der Waals surface area contributed by atoms with E-state index in [1.807, 2.05) is 37.3 Å². The number of hydrogen-bond acceptors (Lipinski definition) is 3. The molecular weight excluding hydrogens is 268 g/mol. The summed E-state index contributed by atoms with van der Waals surface area (Å²) < 4.78 is 5.45. The van der Waals surface area contributed by atoms with Gasteiger partial charge in [0, 0.05) is 6.61 Å². The molecule has 1 aromatic rings. The van der Waals surface area contributed by atoms with Crippen molar-refractivity contribution < 1.29 is 14.3 Å². The minimum Gasteiger partial charge on any atom is -0.379 e. The molecule has 2 unspecified atom stereocenters. The van der Waals surface area contributed by atoms with Crippen LogP contribution in [0.1, 0.15) is 25.8 Å². The van der Waals surface area contributed by atoms with E-state index in [0.29, 0.717) is 13.2 Å². The van der Waals surface area contributed by atoms with Crippen LogP contribution in [0.4, 0.5) is 0 Å². The average molecular weight is 288 g/mol. The van der Waals surface area contributed by atoms with E-state index in [2.05, 4.69) is 5.32 Å². The second-order valence-corrected chi connectivity index (χ2v) is 6.23. The number of rotatable bonds is 2. The van der Waals surface area contributed by atoms with Gasteiger partial charge in [0.2, 0.25) is 5.91 Å². The van der Waals surface area contributed by atoms with Crippen LogP contribution in [0.15, 0.2) is 30.3 Å². The molecule has 3 rings (SSSR count). The van der Waals surface area contributed by atoms with Gasteiger partial charge in [-0.05, 0) is 25.8 Å². The molecule has 2 saturated heterocycles. The topological polar surface area (TPSA) is 58.6 Å². The van der Waals surface area contributed by atoms with Crippen molar-refractivity contribution in [2.75, 3.05) is 19.8 Å². The van der Waals surface area contributed by atoms with Crippen molar-refractivity contribution in [3.63, 3.8) is 0 Å². The van der Waals surface area contributed by atoms with Gasteiger partial charge in [-0.1, -0.05) is 30.3 Å². The van der Waals surface area contributed by atoms with E-state index in [1.165, 1.54) is 0 Å². The third kappa shape index (κ3) is 2.21. The Morgan fingerprint density at radius 3 is 2.52 bits per heavy atom. The van der Waals surface area contributed by atoms with Gasteiger partial charge >= 0.3 is 0 Å². The van der Waals surface area contributed by atoms with Crippen LogP contribution >= 0.6 is 0 Å². The van der Waals surface area contributed by atoms with Gasteiger partial charge in [-0.2, -0.15) is 0 Å². The van der Waals surface area contributed by atoms with Gasteiger partial charge in [0.15, 0.2) is 0 Å². The van der Waals surface area contributed by atoms with Gasteiger partial charge in [-0.15, -0.1) is 0 Å². The van der Waals surface area contributed by atoms with Gasteiger partial charge in [0.1, 0.15) is 12.1 Å². The molecule has 2 atom stereocenters. The molecule has 0 bridgehead atoms. The Morgan fingerprint density at radius 2 is 1.90 bits per heavy atom. The Bertz CT molecular complexity index is 566. The van der Waals surface area contributed by atoms with Crippen LogP contribution in [0, 0.1) is 0 Å². The summed E-state index contributed by atoms with van der Waals surface area (Å²) in [6, 6.07) is 9.38. The van der Waals surface area contributed by atoms with Crippen molar-refractivity contribution in [2.24, 2.45) is 0 Å². The molecule has 2 aliphatic rings. The molecular formula is C16H20N2O3. The fourth-order valence-corrected chi connectivity index (χ4v) is 3.13. The van der Waals surface area contributed by atoms with Gasteiger partial charge < -0.3 is 15.0 Å². The molecule has 21 heavy (non-hydrogen) atoms. The van der Waals surface area contributed by atoms with Crippen molar-refractivity contribution >= 4 is 11.8 Å². The first-order chi connectivity index (χ1) is 9.96. The lowest BCUT2D eigenvalue weighted by Gasteiger charge is -2.46. The zero-order chi connectivity index (χ0) is 15.1. The SMILES string of the molecule is CC1(c2ccccc2)NC(=O)CN(C2(C)CCOC2)C1=O. The maximum atomic E-state index is 13.0. The maximum Gasteiger partial charge on any atom is 0.253 e. The van der Waals surface area contributed by atoms with E-state index in [0.717, 1.165) is 12.0 Å². The first-order valence-corrected chi connectivity index (χ1v) is 7.22. The van der Waals surface area contributed by atoms with E-state index in [1.54, 1.807) is 11.8 Å². The largest absolute Gasteiger partial charge is 0.379 e. The van der Waals surface area contributed by atoms with Gasteiger partial charge in [0.25, 0.3) is 5.91 Å². The lowest BCUT2D eigenvalue weighted by molar-refractivity contribution is -0.156. The first-order valence-electron chi connectivity index (χ1n) is 7.22. The number of ether oxygens (including phenoxy) is 1. The van der Waals surface area contributed by atoms with Crippen molar-refractivity contribution in [3.05, 3.63) is 35.9 Å². The Kier molecular flexibility index (Phi) is 3.24. The summed E-state index contributed by atoms with van der Waals surface area (Å²) in [6.45, 7) is 4.97. The van der Waals surface area contributed by atoms with Crippen molar-refractivity contribution in [1.29, 1.82) is 0 Å². The minimum atomic E-state index is -1.01. The number of nitrogens with one attached hydrogen (secondary N) is 1. The smallest absolute Gasteiger partial charge is 0.253 e. The number of hydrogen-bond donors (Lipinski definition) is 1. The van der Waals surface area contributed by atoms with Crippen molar-refractivity contribution in [3.8, 4) is 0 Å². The fraction of sp³-hybridized carbons (Fsp3) is 0.500. The van der Waals surface area contributed by atoms with E-state index in [-0.39, 0.29) is 18.4 Å². The predicted molar refractivity (Wildman–Crippen MR) is 77.5 cm³/mol. The van der Waals surface area contributed by atoms with Crippen LogP contribution in [0.25, 0.3) is 0 Å². The summed E-state index contributed by atoms with van der Waals surface area (Å²) in [6.07, 6.45) is 0.761. The highest BCUT2D eigenvalue weighted by molar-refractivity contribution is 5.98. The predicted octanol–water partition coefficient (Wildman–Crippen LogP) is 1.04. The van der Waals surface area contributed by atoms with Crippen LogP contribution in [0.2, 0.25) is 0 Å². The fourth-order valence-electron chi connectivity index (χ4n) is 3.13.